The van der Waals surface area contributed by atoms with Crippen LogP contribution in [-0.2, 0) is 12.7 Å². The van der Waals surface area contributed by atoms with Gasteiger partial charge in [0.1, 0.15) is 11.6 Å². The summed E-state index contributed by atoms with van der Waals surface area (Å²) in [6, 6.07) is 3.06. The van der Waals surface area contributed by atoms with Gasteiger partial charge in [-0.3, -0.25) is 4.90 Å². The highest BCUT2D eigenvalue weighted by atomic mass is 32.2. The van der Waals surface area contributed by atoms with Crippen LogP contribution in [0.15, 0.2) is 21.8 Å². The number of thioether (sulfide) groups is 1. The Morgan fingerprint density at radius 2 is 1.89 bits per heavy atom. The molecule has 1 saturated heterocycles. The third-order valence-corrected chi connectivity index (χ3v) is 5.35. The molecule has 4 rings (SSSR count). The van der Waals surface area contributed by atoms with E-state index >= 15 is 0 Å². The topological polar surface area (TPSA) is 58.3 Å². The fourth-order valence-corrected chi connectivity index (χ4v) is 3.51. The van der Waals surface area contributed by atoms with Crippen LogP contribution in [0.4, 0.5) is 19.0 Å². The van der Waals surface area contributed by atoms with E-state index in [2.05, 4.69) is 20.0 Å². The minimum absolute atomic E-state index is 0.137. The van der Waals surface area contributed by atoms with E-state index in [4.69, 9.17) is 4.52 Å². The Kier molecular flexibility index (Phi) is 5.02. The van der Waals surface area contributed by atoms with Crippen LogP contribution in [0.25, 0.3) is 0 Å². The van der Waals surface area contributed by atoms with Gasteiger partial charge in [-0.05, 0) is 19.1 Å². The molecular formula is C17H20F3N5OS. The van der Waals surface area contributed by atoms with Gasteiger partial charge in [0.05, 0.1) is 5.69 Å². The molecule has 0 aromatic carbocycles. The fourth-order valence-electron chi connectivity index (χ4n) is 3.14. The molecule has 2 aromatic rings. The summed E-state index contributed by atoms with van der Waals surface area (Å²) >= 11 is 1.11. The largest absolute Gasteiger partial charge is 0.433 e. The van der Waals surface area contributed by atoms with Crippen LogP contribution in [0.1, 0.15) is 35.9 Å². The average molecular weight is 399 g/mol. The first-order valence-electron chi connectivity index (χ1n) is 8.85. The zero-order chi connectivity index (χ0) is 19.0. The van der Waals surface area contributed by atoms with E-state index in [1.165, 1.54) is 12.8 Å². The van der Waals surface area contributed by atoms with Crippen LogP contribution in [-0.4, -0.2) is 52.5 Å². The molecule has 2 aliphatic rings. The second-order valence-corrected chi connectivity index (χ2v) is 7.63. The Morgan fingerprint density at radius 1 is 1.15 bits per heavy atom. The number of halogens is 3. The maximum Gasteiger partial charge on any atom is 0.433 e. The standard InChI is InChI=1S/C17H20F3N5OS/c1-27-16-21-14(17(18,19)20)9-15(22-16)25-6-4-24(5-7-25)10-12-8-13(26-23-12)11-2-3-11/h8-9,11H,2-7,10H2,1H3. The van der Waals surface area contributed by atoms with Crippen molar-refractivity contribution in [3.8, 4) is 0 Å². The molecule has 0 atom stereocenters. The number of piperazine rings is 1. The Labute approximate surface area is 159 Å². The molecule has 0 spiro atoms. The molecule has 0 radical (unpaired) electrons. The van der Waals surface area contributed by atoms with Gasteiger partial charge in [-0.2, -0.15) is 13.2 Å². The predicted molar refractivity (Wildman–Crippen MR) is 94.8 cm³/mol. The van der Waals surface area contributed by atoms with Gasteiger partial charge >= 0.3 is 6.18 Å². The van der Waals surface area contributed by atoms with Gasteiger partial charge in [0, 0.05) is 50.8 Å². The molecule has 0 N–H and O–H groups in total. The molecule has 10 heteroatoms. The number of hydrogen-bond donors (Lipinski definition) is 0. The van der Waals surface area contributed by atoms with E-state index in [0.29, 0.717) is 31.4 Å². The monoisotopic (exact) mass is 399 g/mol. The Hall–Kier alpha value is -1.81. The van der Waals surface area contributed by atoms with Crippen molar-refractivity contribution in [1.82, 2.24) is 20.0 Å². The third-order valence-electron chi connectivity index (χ3n) is 4.80. The SMILES string of the molecule is CSc1nc(N2CCN(Cc3cc(C4CC4)on3)CC2)cc(C(F)(F)F)n1. The molecule has 1 aliphatic carbocycles. The highest BCUT2D eigenvalue weighted by Gasteiger charge is 2.34. The highest BCUT2D eigenvalue weighted by Crippen LogP contribution is 2.40. The smallest absolute Gasteiger partial charge is 0.361 e. The van der Waals surface area contributed by atoms with Crippen LogP contribution in [0, 0.1) is 0 Å². The van der Waals surface area contributed by atoms with Crippen molar-refractivity contribution >= 4 is 17.6 Å². The Morgan fingerprint density at radius 3 is 2.52 bits per heavy atom. The maximum absolute atomic E-state index is 13.1. The van der Waals surface area contributed by atoms with Crippen molar-refractivity contribution in [1.29, 1.82) is 0 Å². The first-order chi connectivity index (χ1) is 12.9. The molecule has 2 fully saturated rings. The van der Waals surface area contributed by atoms with E-state index in [1.54, 1.807) is 6.26 Å². The molecule has 0 bridgehead atoms. The number of hydrogen-bond acceptors (Lipinski definition) is 7. The van der Waals surface area contributed by atoms with E-state index in [0.717, 1.165) is 42.4 Å². The summed E-state index contributed by atoms with van der Waals surface area (Å²) in [7, 11) is 0. The summed E-state index contributed by atoms with van der Waals surface area (Å²) in [4.78, 5) is 12.0. The van der Waals surface area contributed by atoms with E-state index in [1.807, 2.05) is 11.0 Å². The van der Waals surface area contributed by atoms with E-state index in [9.17, 15) is 13.2 Å². The molecule has 146 valence electrons. The minimum atomic E-state index is -4.48. The average Bonchev–Trinajstić information content (AvgIpc) is 3.41. The first kappa shape index (κ1) is 18.5. The second kappa shape index (κ2) is 7.31. The van der Waals surface area contributed by atoms with Gasteiger partial charge in [-0.25, -0.2) is 9.97 Å². The lowest BCUT2D eigenvalue weighted by Crippen LogP contribution is -2.46. The molecule has 1 aliphatic heterocycles. The van der Waals surface area contributed by atoms with Gasteiger partial charge in [-0.15, -0.1) is 0 Å². The number of anilines is 1. The number of rotatable bonds is 5. The molecule has 2 aromatic heterocycles. The highest BCUT2D eigenvalue weighted by molar-refractivity contribution is 7.98. The normalized spacial score (nSPS) is 18.9. The third kappa shape index (κ3) is 4.37. The van der Waals surface area contributed by atoms with Crippen molar-refractivity contribution in [2.45, 2.75) is 36.6 Å². The first-order valence-corrected chi connectivity index (χ1v) is 10.1. The molecule has 1 saturated carbocycles. The van der Waals surface area contributed by atoms with Crippen LogP contribution < -0.4 is 4.90 Å². The van der Waals surface area contributed by atoms with E-state index in [-0.39, 0.29) is 5.16 Å². The Balaban J connectivity index is 1.39. The van der Waals surface area contributed by atoms with Crippen LogP contribution in [0.2, 0.25) is 0 Å². The summed E-state index contributed by atoms with van der Waals surface area (Å²) in [5.74, 6) is 1.84. The van der Waals surface area contributed by atoms with E-state index < -0.39 is 11.9 Å². The minimum Gasteiger partial charge on any atom is -0.361 e. The molecule has 27 heavy (non-hydrogen) atoms. The van der Waals surface area contributed by atoms with Gasteiger partial charge in [0.15, 0.2) is 10.9 Å². The summed E-state index contributed by atoms with van der Waals surface area (Å²) in [5, 5.41) is 4.27. The summed E-state index contributed by atoms with van der Waals surface area (Å²) < 4.78 is 44.6. The van der Waals surface area contributed by atoms with Crippen LogP contribution in [0.5, 0.6) is 0 Å². The molecule has 0 amide bonds. The quantitative estimate of drug-likeness (QED) is 0.564. The summed E-state index contributed by atoms with van der Waals surface area (Å²) in [6.45, 7) is 3.36. The number of nitrogens with zero attached hydrogens (tertiary/aromatic N) is 5. The Bertz CT molecular complexity index is 800. The van der Waals surface area contributed by atoms with Crippen molar-refractivity contribution in [2.24, 2.45) is 0 Å². The zero-order valence-corrected chi connectivity index (χ0v) is 15.7. The van der Waals surface area contributed by atoms with Crippen molar-refractivity contribution < 1.29 is 17.7 Å². The van der Waals surface area contributed by atoms with Crippen molar-refractivity contribution in [2.75, 3.05) is 37.3 Å². The number of alkyl halides is 3. The molecule has 0 unspecified atom stereocenters. The lowest BCUT2D eigenvalue weighted by molar-refractivity contribution is -0.141. The van der Waals surface area contributed by atoms with Gasteiger partial charge in [0.2, 0.25) is 0 Å². The lowest BCUT2D eigenvalue weighted by Gasteiger charge is -2.35. The zero-order valence-electron chi connectivity index (χ0n) is 14.9. The van der Waals surface area contributed by atoms with Crippen molar-refractivity contribution in [3.63, 3.8) is 0 Å². The molecular weight excluding hydrogens is 379 g/mol. The van der Waals surface area contributed by atoms with Crippen LogP contribution in [0.3, 0.4) is 0 Å². The fraction of sp³-hybridized carbons (Fsp3) is 0.588. The van der Waals surface area contributed by atoms with Gasteiger partial charge < -0.3 is 9.42 Å². The summed E-state index contributed by atoms with van der Waals surface area (Å²) in [5.41, 5.74) is 0.0193. The maximum atomic E-state index is 13.1. The van der Waals surface area contributed by atoms with Gasteiger partial charge in [-0.1, -0.05) is 16.9 Å². The van der Waals surface area contributed by atoms with Crippen molar-refractivity contribution in [3.05, 3.63) is 29.3 Å². The molecule has 3 heterocycles. The van der Waals surface area contributed by atoms with Crippen LogP contribution >= 0.6 is 11.8 Å². The molecule has 6 nitrogen and oxygen atoms in total. The lowest BCUT2D eigenvalue weighted by atomic mass is 10.2. The second-order valence-electron chi connectivity index (χ2n) is 6.85. The predicted octanol–water partition coefficient (Wildman–Crippen LogP) is 3.40. The summed E-state index contributed by atoms with van der Waals surface area (Å²) in [6.07, 6.45) is -0.463. The van der Waals surface area contributed by atoms with Gasteiger partial charge in [0.25, 0.3) is 0 Å². The number of aromatic nitrogens is 3.